The molecule has 0 radical (unpaired) electrons. The minimum atomic E-state index is 0.805. The fourth-order valence-electron chi connectivity index (χ4n) is 1.03. The maximum absolute atomic E-state index is 5.37. The summed E-state index contributed by atoms with van der Waals surface area (Å²) in [5.74, 6) is 0. The monoisotopic (exact) mass is 153 g/mol. The molecule has 0 saturated heterocycles. The van der Waals surface area contributed by atoms with E-state index in [1.54, 1.807) is 0 Å². The summed E-state index contributed by atoms with van der Waals surface area (Å²) in [6.07, 6.45) is 7.31. The highest BCUT2D eigenvalue weighted by molar-refractivity contribution is 4.77. The Kier molecular flexibility index (Phi) is 3.69. The summed E-state index contributed by atoms with van der Waals surface area (Å²) in [6, 6.07) is 1.95. The molecule has 0 fully saturated rings. The lowest BCUT2D eigenvalue weighted by Crippen LogP contribution is -2.01. The molecule has 0 aliphatic heterocycles. The number of hydrogen-bond donors (Lipinski definition) is 1. The van der Waals surface area contributed by atoms with Crippen molar-refractivity contribution in [3.63, 3.8) is 0 Å². The van der Waals surface area contributed by atoms with Crippen LogP contribution in [-0.4, -0.2) is 16.3 Å². The van der Waals surface area contributed by atoms with E-state index in [2.05, 4.69) is 5.10 Å². The molecule has 0 atom stereocenters. The maximum Gasteiger partial charge on any atom is 0.0489 e. The molecule has 0 aliphatic rings. The number of aromatic nitrogens is 2. The fraction of sp³-hybridized carbons (Fsp3) is 0.625. The molecule has 1 rings (SSSR count). The van der Waals surface area contributed by atoms with Crippen LogP contribution in [0.15, 0.2) is 18.5 Å². The number of nitrogens with zero attached hydrogens (tertiary/aromatic N) is 2. The normalized spacial score (nSPS) is 10.3. The third-order valence-corrected chi connectivity index (χ3v) is 1.65. The van der Waals surface area contributed by atoms with Crippen LogP contribution in [0.4, 0.5) is 0 Å². The second-order valence-corrected chi connectivity index (χ2v) is 2.62. The quantitative estimate of drug-likeness (QED) is 0.642. The van der Waals surface area contributed by atoms with Crippen LogP contribution < -0.4 is 5.73 Å². The lowest BCUT2D eigenvalue weighted by atomic mass is 10.2. The third-order valence-electron chi connectivity index (χ3n) is 1.65. The van der Waals surface area contributed by atoms with Crippen molar-refractivity contribution in [2.75, 3.05) is 6.54 Å². The van der Waals surface area contributed by atoms with E-state index in [0.717, 1.165) is 19.5 Å². The number of rotatable bonds is 5. The Balaban J connectivity index is 2.04. The molecule has 11 heavy (non-hydrogen) atoms. The van der Waals surface area contributed by atoms with Crippen molar-refractivity contribution >= 4 is 0 Å². The zero-order valence-electron chi connectivity index (χ0n) is 6.74. The molecule has 1 aromatic rings. The largest absolute Gasteiger partial charge is 0.330 e. The van der Waals surface area contributed by atoms with Gasteiger partial charge in [0.05, 0.1) is 0 Å². The first-order chi connectivity index (χ1) is 5.43. The van der Waals surface area contributed by atoms with Gasteiger partial charge in [0.1, 0.15) is 0 Å². The Morgan fingerprint density at radius 1 is 1.27 bits per heavy atom. The molecular weight excluding hydrogens is 138 g/mol. The van der Waals surface area contributed by atoms with Crippen LogP contribution >= 0.6 is 0 Å². The van der Waals surface area contributed by atoms with Crippen LogP contribution in [0.3, 0.4) is 0 Å². The smallest absolute Gasteiger partial charge is 0.0489 e. The van der Waals surface area contributed by atoms with Crippen molar-refractivity contribution in [1.82, 2.24) is 9.78 Å². The highest BCUT2D eigenvalue weighted by atomic mass is 15.3. The molecule has 2 N–H and O–H groups in total. The minimum Gasteiger partial charge on any atom is -0.330 e. The zero-order valence-corrected chi connectivity index (χ0v) is 6.74. The van der Waals surface area contributed by atoms with Gasteiger partial charge < -0.3 is 5.73 Å². The molecule has 0 aliphatic carbocycles. The van der Waals surface area contributed by atoms with Crippen molar-refractivity contribution in [1.29, 1.82) is 0 Å². The Labute approximate surface area is 67.2 Å². The number of unbranched alkanes of at least 4 members (excludes halogenated alkanes) is 2. The molecule has 0 saturated carbocycles. The number of nitrogens with two attached hydrogens (primary N) is 1. The summed E-state index contributed by atoms with van der Waals surface area (Å²) >= 11 is 0. The molecule has 0 aromatic carbocycles. The lowest BCUT2D eigenvalue weighted by Gasteiger charge is -1.99. The van der Waals surface area contributed by atoms with Crippen molar-refractivity contribution in [3.05, 3.63) is 18.5 Å². The fourth-order valence-corrected chi connectivity index (χ4v) is 1.03. The number of aryl methyl sites for hydroxylation is 1. The molecule has 62 valence electrons. The predicted molar refractivity (Wildman–Crippen MR) is 45.1 cm³/mol. The van der Waals surface area contributed by atoms with E-state index in [0.29, 0.717) is 0 Å². The average molecular weight is 153 g/mol. The second kappa shape index (κ2) is 4.91. The van der Waals surface area contributed by atoms with E-state index in [9.17, 15) is 0 Å². The van der Waals surface area contributed by atoms with Gasteiger partial charge in [0.25, 0.3) is 0 Å². The van der Waals surface area contributed by atoms with Gasteiger partial charge >= 0.3 is 0 Å². The Morgan fingerprint density at radius 3 is 2.82 bits per heavy atom. The van der Waals surface area contributed by atoms with Gasteiger partial charge in [-0.15, -0.1) is 0 Å². The standard InChI is InChI=1S/C8H15N3/c9-5-2-1-3-7-11-8-4-6-10-11/h4,6,8H,1-3,5,7,9H2. The molecule has 0 spiro atoms. The summed E-state index contributed by atoms with van der Waals surface area (Å²) in [4.78, 5) is 0. The van der Waals surface area contributed by atoms with Gasteiger partial charge in [-0.05, 0) is 25.5 Å². The average Bonchev–Trinajstić information content (AvgIpc) is 2.50. The predicted octanol–water partition coefficient (Wildman–Crippen LogP) is 1.01. The summed E-state index contributed by atoms with van der Waals surface area (Å²) in [7, 11) is 0. The highest BCUT2D eigenvalue weighted by Crippen LogP contribution is 1.96. The van der Waals surface area contributed by atoms with Gasteiger partial charge in [-0.1, -0.05) is 6.42 Å². The summed E-state index contributed by atoms with van der Waals surface area (Å²) in [5.41, 5.74) is 5.37. The van der Waals surface area contributed by atoms with E-state index in [1.165, 1.54) is 12.8 Å². The van der Waals surface area contributed by atoms with Crippen molar-refractivity contribution in [2.24, 2.45) is 5.73 Å². The first-order valence-electron chi connectivity index (χ1n) is 4.11. The van der Waals surface area contributed by atoms with Crippen molar-refractivity contribution in [3.8, 4) is 0 Å². The highest BCUT2D eigenvalue weighted by Gasteiger charge is 1.89. The van der Waals surface area contributed by atoms with E-state index in [4.69, 9.17) is 5.73 Å². The Bertz CT molecular complexity index is 169. The molecule has 3 heteroatoms. The third kappa shape index (κ3) is 3.18. The van der Waals surface area contributed by atoms with Crippen LogP contribution in [0, 0.1) is 0 Å². The molecule has 1 aromatic heterocycles. The van der Waals surface area contributed by atoms with Gasteiger partial charge in [0.15, 0.2) is 0 Å². The van der Waals surface area contributed by atoms with Crippen LogP contribution in [0.25, 0.3) is 0 Å². The van der Waals surface area contributed by atoms with Gasteiger partial charge in [-0.3, -0.25) is 4.68 Å². The van der Waals surface area contributed by atoms with Gasteiger partial charge in [-0.25, -0.2) is 0 Å². The molecule has 1 heterocycles. The van der Waals surface area contributed by atoms with E-state index in [-0.39, 0.29) is 0 Å². The van der Waals surface area contributed by atoms with E-state index >= 15 is 0 Å². The van der Waals surface area contributed by atoms with Crippen LogP contribution in [0.5, 0.6) is 0 Å². The molecule has 0 unspecified atom stereocenters. The Morgan fingerprint density at radius 2 is 2.18 bits per heavy atom. The lowest BCUT2D eigenvalue weighted by molar-refractivity contribution is 0.547. The Hall–Kier alpha value is -0.830. The van der Waals surface area contributed by atoms with Gasteiger partial charge in [0.2, 0.25) is 0 Å². The summed E-state index contributed by atoms with van der Waals surface area (Å²) in [6.45, 7) is 1.83. The zero-order chi connectivity index (χ0) is 7.94. The minimum absolute atomic E-state index is 0.805. The van der Waals surface area contributed by atoms with E-state index in [1.807, 2.05) is 23.1 Å². The van der Waals surface area contributed by atoms with Crippen molar-refractivity contribution < 1.29 is 0 Å². The molecule has 0 amide bonds. The van der Waals surface area contributed by atoms with Gasteiger partial charge in [0, 0.05) is 18.9 Å². The van der Waals surface area contributed by atoms with E-state index < -0.39 is 0 Å². The first-order valence-corrected chi connectivity index (χ1v) is 4.11. The SMILES string of the molecule is NCCCCCn1cccn1. The molecule has 3 nitrogen and oxygen atoms in total. The maximum atomic E-state index is 5.37. The topological polar surface area (TPSA) is 43.8 Å². The molecule has 0 bridgehead atoms. The summed E-state index contributed by atoms with van der Waals surface area (Å²) in [5, 5.41) is 4.10. The second-order valence-electron chi connectivity index (χ2n) is 2.62. The molecular formula is C8H15N3. The number of hydrogen-bond acceptors (Lipinski definition) is 2. The van der Waals surface area contributed by atoms with Gasteiger partial charge in [-0.2, -0.15) is 5.10 Å². The first kappa shape index (κ1) is 8.27. The van der Waals surface area contributed by atoms with Crippen molar-refractivity contribution in [2.45, 2.75) is 25.8 Å². The van der Waals surface area contributed by atoms with Crippen LogP contribution in [0.1, 0.15) is 19.3 Å². The van der Waals surface area contributed by atoms with Crippen LogP contribution in [-0.2, 0) is 6.54 Å². The summed E-state index contributed by atoms with van der Waals surface area (Å²) < 4.78 is 1.95. The van der Waals surface area contributed by atoms with Crippen LogP contribution in [0.2, 0.25) is 0 Å².